The number of likely N-dealkylation sites (tertiary alicyclic amines) is 1. The third-order valence-corrected chi connectivity index (χ3v) is 7.47. The van der Waals surface area contributed by atoms with Crippen molar-refractivity contribution in [3.05, 3.63) is 87.4 Å². The number of fused-ring (bicyclic) bond motifs is 1. The zero-order valence-electron chi connectivity index (χ0n) is 17.8. The van der Waals surface area contributed by atoms with Crippen LogP contribution in [0.3, 0.4) is 0 Å². The maximum Gasteiger partial charge on any atom is 0.108 e. The summed E-state index contributed by atoms with van der Waals surface area (Å²) in [6, 6.07) is 16.2. The van der Waals surface area contributed by atoms with Crippen molar-refractivity contribution < 1.29 is 5.11 Å². The molecule has 2 N–H and O–H groups in total. The highest BCUT2D eigenvalue weighted by molar-refractivity contribution is 7.12. The Morgan fingerprint density at radius 3 is 2.81 bits per heavy atom. The third-order valence-electron chi connectivity index (χ3n) is 6.05. The van der Waals surface area contributed by atoms with Gasteiger partial charge in [-0.05, 0) is 36.1 Å². The van der Waals surface area contributed by atoms with Gasteiger partial charge in [0.1, 0.15) is 5.01 Å². The summed E-state index contributed by atoms with van der Waals surface area (Å²) in [7, 11) is 0. The summed E-state index contributed by atoms with van der Waals surface area (Å²) in [5.41, 5.74) is 5.04. The minimum Gasteiger partial charge on any atom is -0.392 e. The molecule has 3 aromatic rings. The van der Waals surface area contributed by atoms with E-state index in [-0.39, 0.29) is 12.1 Å². The van der Waals surface area contributed by atoms with E-state index in [1.807, 2.05) is 36.4 Å². The summed E-state index contributed by atoms with van der Waals surface area (Å²) in [4.78, 5) is 8.44. The predicted octanol–water partition coefficient (Wildman–Crippen LogP) is 6.16. The fourth-order valence-corrected chi connectivity index (χ4v) is 5.74. The van der Waals surface area contributed by atoms with Crippen LogP contribution in [0.1, 0.15) is 34.5 Å². The van der Waals surface area contributed by atoms with Crippen LogP contribution in [-0.4, -0.2) is 34.2 Å². The van der Waals surface area contributed by atoms with Gasteiger partial charge in [-0.1, -0.05) is 66.7 Å². The van der Waals surface area contributed by atoms with E-state index in [9.17, 15) is 5.11 Å². The molecular weight excluding hydrogens is 438 g/mol. The van der Waals surface area contributed by atoms with E-state index >= 15 is 0 Å². The van der Waals surface area contributed by atoms with E-state index in [1.165, 1.54) is 0 Å². The van der Waals surface area contributed by atoms with Crippen LogP contribution in [0, 0.1) is 0 Å². The summed E-state index contributed by atoms with van der Waals surface area (Å²) >= 11 is 8.58. The Morgan fingerprint density at radius 2 is 2.03 bits per heavy atom. The number of hydrogen-bond acceptors (Lipinski definition) is 5. The first kappa shape index (κ1) is 21.4. The normalized spacial score (nSPS) is 20.9. The zero-order valence-corrected chi connectivity index (χ0v) is 19.4. The van der Waals surface area contributed by atoms with Crippen molar-refractivity contribution in [2.75, 3.05) is 18.4 Å². The van der Waals surface area contributed by atoms with Crippen molar-refractivity contribution in [3.8, 4) is 11.1 Å². The minimum absolute atomic E-state index is 0.113. The van der Waals surface area contributed by atoms with Gasteiger partial charge in [0.2, 0.25) is 0 Å². The Labute approximate surface area is 197 Å². The lowest BCUT2D eigenvalue weighted by atomic mass is 10.0. The molecular formula is C26H26ClN3OS. The van der Waals surface area contributed by atoms with Crippen molar-refractivity contribution in [2.24, 2.45) is 0 Å². The van der Waals surface area contributed by atoms with E-state index in [4.69, 9.17) is 16.6 Å². The van der Waals surface area contributed by atoms with Crippen molar-refractivity contribution in [3.63, 3.8) is 0 Å². The third kappa shape index (κ3) is 4.39. The van der Waals surface area contributed by atoms with Gasteiger partial charge in [0.15, 0.2) is 0 Å². The van der Waals surface area contributed by atoms with Crippen LogP contribution in [0.25, 0.3) is 17.2 Å². The lowest BCUT2D eigenvalue weighted by Crippen LogP contribution is -2.21. The molecule has 5 rings (SSSR count). The first-order chi connectivity index (χ1) is 15.6. The number of nitrogens with zero attached hydrogens (tertiary/aromatic N) is 2. The van der Waals surface area contributed by atoms with E-state index in [2.05, 4.69) is 41.1 Å². The number of thiazole rings is 1. The monoisotopic (exact) mass is 463 g/mol. The van der Waals surface area contributed by atoms with E-state index in [0.717, 1.165) is 70.4 Å². The molecule has 32 heavy (non-hydrogen) atoms. The Bertz CT molecular complexity index is 1160. The molecule has 164 valence electrons. The van der Waals surface area contributed by atoms with Crippen LogP contribution >= 0.6 is 22.9 Å². The Balaban J connectivity index is 1.44. The molecule has 2 heterocycles. The molecule has 2 aliphatic rings. The van der Waals surface area contributed by atoms with Crippen molar-refractivity contribution in [1.82, 2.24) is 9.88 Å². The highest BCUT2D eigenvalue weighted by Crippen LogP contribution is 2.40. The summed E-state index contributed by atoms with van der Waals surface area (Å²) in [5, 5.41) is 15.3. The van der Waals surface area contributed by atoms with Crippen LogP contribution in [0.2, 0.25) is 5.02 Å². The summed E-state index contributed by atoms with van der Waals surface area (Å²) in [6.07, 6.45) is 5.73. The van der Waals surface area contributed by atoms with Crippen molar-refractivity contribution in [1.29, 1.82) is 0 Å². The Kier molecular flexibility index (Phi) is 6.15. The maximum absolute atomic E-state index is 9.84. The average Bonchev–Trinajstić information content (AvgIpc) is 3.35. The molecule has 2 atom stereocenters. The number of aromatic nitrogens is 1. The summed E-state index contributed by atoms with van der Waals surface area (Å²) in [5.74, 6) is 0. The van der Waals surface area contributed by atoms with Gasteiger partial charge < -0.3 is 10.4 Å². The van der Waals surface area contributed by atoms with Gasteiger partial charge in [0.05, 0.1) is 40.0 Å². The molecule has 1 aliphatic heterocycles. The number of aliphatic hydroxyl groups excluding tert-OH is 1. The molecule has 1 saturated heterocycles. The van der Waals surface area contributed by atoms with Crippen LogP contribution < -0.4 is 5.32 Å². The number of rotatable bonds is 5. The minimum atomic E-state index is -0.221. The number of aliphatic hydroxyl groups is 1. The van der Waals surface area contributed by atoms with E-state index < -0.39 is 0 Å². The number of hydrogen-bond donors (Lipinski definition) is 2. The molecule has 0 spiro atoms. The fourth-order valence-electron chi connectivity index (χ4n) is 4.37. The van der Waals surface area contributed by atoms with Gasteiger partial charge in [0.25, 0.3) is 0 Å². The second-order valence-electron chi connectivity index (χ2n) is 8.41. The topological polar surface area (TPSA) is 48.4 Å². The smallest absolute Gasteiger partial charge is 0.108 e. The lowest BCUT2D eigenvalue weighted by Gasteiger charge is -2.22. The molecule has 2 aromatic carbocycles. The van der Waals surface area contributed by atoms with E-state index in [0.29, 0.717) is 5.02 Å². The molecule has 1 fully saturated rings. The Hall–Kier alpha value is -2.44. The van der Waals surface area contributed by atoms with Gasteiger partial charge in [-0.2, -0.15) is 0 Å². The fraction of sp³-hybridized carbons (Fsp3) is 0.269. The van der Waals surface area contributed by atoms with Gasteiger partial charge in [-0.25, -0.2) is 4.98 Å². The zero-order chi connectivity index (χ0) is 22.1. The van der Waals surface area contributed by atoms with Gasteiger partial charge in [0, 0.05) is 18.7 Å². The molecule has 1 aliphatic carbocycles. The maximum atomic E-state index is 9.84. The number of β-amino-alcohol motifs (C(OH)–C–C–N with tert-alkyl or cyclic N) is 1. The molecule has 0 radical (unpaired) electrons. The first-order valence-electron chi connectivity index (χ1n) is 10.9. The highest BCUT2D eigenvalue weighted by atomic mass is 35.5. The number of anilines is 1. The van der Waals surface area contributed by atoms with Crippen LogP contribution in [0.4, 0.5) is 5.69 Å². The number of nitrogens with one attached hydrogen (secondary N) is 1. The van der Waals surface area contributed by atoms with Crippen molar-refractivity contribution in [2.45, 2.75) is 31.5 Å². The average molecular weight is 464 g/mol. The SMILES string of the molecule is C=C1CC=Cc2sc(CN3CC[C@@H](O)C3)nc2C1Nc1cccc(-c2ccccc2)c1Cl. The first-order valence-corrected chi connectivity index (χ1v) is 12.1. The highest BCUT2D eigenvalue weighted by Gasteiger charge is 2.27. The molecule has 4 nitrogen and oxygen atoms in total. The number of halogens is 1. The Morgan fingerprint density at radius 1 is 1.19 bits per heavy atom. The van der Waals surface area contributed by atoms with Gasteiger partial charge in [-0.3, -0.25) is 4.90 Å². The van der Waals surface area contributed by atoms with E-state index in [1.54, 1.807) is 11.3 Å². The molecule has 0 saturated carbocycles. The second-order valence-corrected chi connectivity index (χ2v) is 9.90. The summed E-state index contributed by atoms with van der Waals surface area (Å²) in [6.45, 7) is 6.75. The van der Waals surface area contributed by atoms with Crippen LogP contribution in [-0.2, 0) is 6.54 Å². The molecule has 1 unspecified atom stereocenters. The molecule has 6 heteroatoms. The molecule has 0 amide bonds. The molecule has 1 aromatic heterocycles. The van der Waals surface area contributed by atoms with Crippen LogP contribution in [0.15, 0.2) is 66.8 Å². The lowest BCUT2D eigenvalue weighted by molar-refractivity contribution is 0.174. The predicted molar refractivity (Wildman–Crippen MR) is 134 cm³/mol. The second kappa shape index (κ2) is 9.20. The molecule has 0 bridgehead atoms. The van der Waals surface area contributed by atoms with Crippen LogP contribution in [0.5, 0.6) is 0 Å². The summed E-state index contributed by atoms with van der Waals surface area (Å²) < 4.78 is 0. The van der Waals surface area contributed by atoms with Gasteiger partial charge >= 0.3 is 0 Å². The largest absolute Gasteiger partial charge is 0.392 e. The number of allylic oxidation sites excluding steroid dienone is 1. The van der Waals surface area contributed by atoms with Gasteiger partial charge in [-0.15, -0.1) is 11.3 Å². The standard InChI is InChI=1S/C26H26ClN3OS/c1-17-7-5-12-22-26(29-23(32-22)16-30-14-13-19(31)15-30)25(17)28-21-11-6-10-20(24(21)27)18-8-3-2-4-9-18/h2-6,8-12,19,25,28,31H,1,7,13-16H2/t19-,25?/m1/s1. The quantitative estimate of drug-likeness (QED) is 0.445. The number of benzene rings is 2. The van der Waals surface area contributed by atoms with Crippen molar-refractivity contribution >= 4 is 34.7 Å².